The maximum atomic E-state index is 12.2. The second-order valence-corrected chi connectivity index (χ2v) is 15.3. The first-order valence-corrected chi connectivity index (χ1v) is 19.6. The zero-order valence-electron chi connectivity index (χ0n) is 35.5. The van der Waals surface area contributed by atoms with Gasteiger partial charge >= 0.3 is 0 Å². The first-order chi connectivity index (χ1) is 29.1. The summed E-state index contributed by atoms with van der Waals surface area (Å²) < 4.78 is 16.9. The summed E-state index contributed by atoms with van der Waals surface area (Å²) in [5, 5.41) is 22.7. The summed E-state index contributed by atoms with van der Waals surface area (Å²) in [4.78, 5) is 50.6. The molecular formula is C43H50Cl2N8O8. The Bertz CT molecular complexity index is 2310. The zero-order valence-corrected chi connectivity index (χ0v) is 37.0. The van der Waals surface area contributed by atoms with Crippen molar-refractivity contribution in [3.63, 3.8) is 0 Å². The molecule has 0 fully saturated rings. The SMILES string of the molecule is CNC(=O)/C(=N/OC)c1ccccc1CO.CNC(=O)/C(=N/OC)c1ccccc1COc1ncc(C2=NC(C)(C)CO2)cc1Cl.Cc1ncc(C2=NC(C)(C)CO2)cc1Cl. The van der Waals surface area contributed by atoms with Crippen molar-refractivity contribution in [1.29, 1.82) is 0 Å². The number of carbonyl (C=O) groups excluding carboxylic acids is 2. The van der Waals surface area contributed by atoms with Crippen molar-refractivity contribution in [2.45, 2.75) is 58.9 Å². The van der Waals surface area contributed by atoms with Crippen LogP contribution in [0.3, 0.4) is 0 Å². The van der Waals surface area contributed by atoms with Crippen LogP contribution in [0.1, 0.15) is 66.8 Å². The van der Waals surface area contributed by atoms with E-state index in [1.807, 2.05) is 52.8 Å². The van der Waals surface area contributed by atoms with Gasteiger partial charge in [-0.1, -0.05) is 82.0 Å². The molecule has 6 rings (SSSR count). The fourth-order valence-corrected chi connectivity index (χ4v) is 5.88. The number of rotatable bonds is 12. The van der Waals surface area contributed by atoms with Crippen molar-refractivity contribution in [2.75, 3.05) is 41.5 Å². The number of aromatic nitrogens is 2. The molecule has 0 bridgehead atoms. The van der Waals surface area contributed by atoms with Crippen molar-refractivity contribution in [2.24, 2.45) is 20.3 Å². The van der Waals surface area contributed by atoms with E-state index in [4.69, 9.17) is 47.4 Å². The first kappa shape index (κ1) is 47.6. The quantitative estimate of drug-likeness (QED) is 0.115. The fraction of sp³-hybridized carbons (Fsp3) is 0.349. The first-order valence-electron chi connectivity index (χ1n) is 18.9. The molecule has 0 saturated carbocycles. The molecule has 0 saturated heterocycles. The Morgan fingerprint density at radius 2 is 1.21 bits per heavy atom. The Balaban J connectivity index is 0.000000222. The minimum Gasteiger partial charge on any atom is -0.475 e. The lowest BCUT2D eigenvalue weighted by Crippen LogP contribution is -2.29. The van der Waals surface area contributed by atoms with Gasteiger partial charge in [-0.25, -0.2) is 15.0 Å². The molecule has 2 amide bonds. The van der Waals surface area contributed by atoms with Crippen molar-refractivity contribution in [3.8, 4) is 5.88 Å². The van der Waals surface area contributed by atoms with Gasteiger partial charge in [-0.05, 0) is 57.9 Å². The largest absolute Gasteiger partial charge is 0.475 e. The van der Waals surface area contributed by atoms with Crippen LogP contribution in [0, 0.1) is 6.92 Å². The number of carbonyl (C=O) groups is 2. The van der Waals surface area contributed by atoms with E-state index < -0.39 is 0 Å². The third-order valence-corrected chi connectivity index (χ3v) is 9.24. The van der Waals surface area contributed by atoms with Crippen molar-refractivity contribution < 1.29 is 38.6 Å². The van der Waals surface area contributed by atoms with Crippen LogP contribution >= 0.6 is 23.2 Å². The van der Waals surface area contributed by atoms with Gasteiger partial charge in [-0.2, -0.15) is 0 Å². The summed E-state index contributed by atoms with van der Waals surface area (Å²) in [5.74, 6) is 0.678. The molecule has 0 spiro atoms. The van der Waals surface area contributed by atoms with Crippen LogP contribution in [0.15, 0.2) is 93.4 Å². The van der Waals surface area contributed by atoms with E-state index in [1.54, 1.807) is 54.9 Å². The lowest BCUT2D eigenvalue weighted by molar-refractivity contribution is -0.115. The molecule has 0 atom stereocenters. The number of hydrogen-bond acceptors (Lipinski definition) is 14. The molecule has 2 aliphatic heterocycles. The van der Waals surface area contributed by atoms with E-state index in [0.717, 1.165) is 16.8 Å². The number of halogens is 2. The van der Waals surface area contributed by atoms with Gasteiger partial charge in [0.05, 0.1) is 39.5 Å². The second kappa shape index (κ2) is 21.9. The molecule has 2 aromatic heterocycles. The molecule has 61 heavy (non-hydrogen) atoms. The third kappa shape index (κ3) is 13.2. The summed E-state index contributed by atoms with van der Waals surface area (Å²) in [6.45, 7) is 11.0. The molecule has 18 heteroatoms. The van der Waals surface area contributed by atoms with Crippen LogP contribution in [-0.2, 0) is 42.0 Å². The summed E-state index contributed by atoms with van der Waals surface area (Å²) in [6, 6.07) is 17.8. The summed E-state index contributed by atoms with van der Waals surface area (Å²) >= 11 is 12.4. The van der Waals surface area contributed by atoms with Crippen LogP contribution in [0.2, 0.25) is 10.0 Å². The number of hydrogen-bond donors (Lipinski definition) is 3. The Kier molecular flexibility index (Phi) is 17.1. The Morgan fingerprint density at radius 3 is 1.64 bits per heavy atom. The summed E-state index contributed by atoms with van der Waals surface area (Å²) in [6.07, 6.45) is 3.34. The molecule has 3 N–H and O–H groups in total. The molecule has 0 aliphatic carbocycles. The van der Waals surface area contributed by atoms with Crippen LogP contribution < -0.4 is 15.4 Å². The number of ether oxygens (including phenoxy) is 3. The highest BCUT2D eigenvalue weighted by Gasteiger charge is 2.29. The monoisotopic (exact) mass is 876 g/mol. The minimum atomic E-state index is -0.370. The average molecular weight is 878 g/mol. The van der Waals surface area contributed by atoms with E-state index in [9.17, 15) is 9.59 Å². The van der Waals surface area contributed by atoms with E-state index in [1.165, 1.54) is 28.3 Å². The predicted octanol–water partition coefficient (Wildman–Crippen LogP) is 5.84. The lowest BCUT2D eigenvalue weighted by Gasteiger charge is -2.12. The molecule has 324 valence electrons. The Morgan fingerprint density at radius 1 is 0.754 bits per heavy atom. The molecule has 2 aromatic carbocycles. The molecule has 4 heterocycles. The van der Waals surface area contributed by atoms with E-state index >= 15 is 0 Å². The molecular weight excluding hydrogens is 827 g/mol. The number of aliphatic hydroxyl groups is 1. The Hall–Kier alpha value is -6.10. The third-order valence-electron chi connectivity index (χ3n) is 8.59. The van der Waals surface area contributed by atoms with Gasteiger partial charge < -0.3 is 39.6 Å². The number of aliphatic imine (C=N–C) groups is 2. The highest BCUT2D eigenvalue weighted by Crippen LogP contribution is 2.28. The zero-order chi connectivity index (χ0) is 44.7. The van der Waals surface area contributed by atoms with Gasteiger partial charge in [-0.3, -0.25) is 14.6 Å². The highest BCUT2D eigenvalue weighted by molar-refractivity contribution is 6.46. The minimum absolute atomic E-state index is 0.131. The maximum absolute atomic E-state index is 12.2. The van der Waals surface area contributed by atoms with Crippen molar-refractivity contribution in [1.82, 2.24) is 20.6 Å². The second-order valence-electron chi connectivity index (χ2n) is 14.5. The van der Waals surface area contributed by atoms with E-state index in [0.29, 0.717) is 57.3 Å². The number of benzene rings is 2. The summed E-state index contributed by atoms with van der Waals surface area (Å²) in [7, 11) is 5.78. The highest BCUT2D eigenvalue weighted by atomic mass is 35.5. The molecule has 4 aromatic rings. The number of pyridine rings is 2. The maximum Gasteiger partial charge on any atom is 0.273 e. The van der Waals surface area contributed by atoms with Crippen molar-refractivity contribution in [3.05, 3.63) is 122 Å². The Labute approximate surface area is 365 Å². The van der Waals surface area contributed by atoms with Gasteiger partial charge in [0, 0.05) is 37.6 Å². The standard InChI is InChI=1S/C21H23ClN4O4.C11H13ClN2O.C11H14N2O3/c1-21(2)12-30-19(25-21)14-9-16(22)20(24-10-14)29-11-13-7-5-6-8-15(13)17(26-28-4)18(27)23-3;1-7-9(12)4-8(5-13-7)10-14-11(2,3)6-15-10;1-12-11(15)10(13-16-2)9-6-4-3-5-8(9)7-14/h5-10H,11-12H2,1-4H3,(H,23,27);4-5H,6H2,1-3H3;3-6,14H,7H2,1-2H3,(H,12,15)/b26-17+;;13-10+. The van der Waals surface area contributed by atoms with Gasteiger partial charge in [0.25, 0.3) is 11.8 Å². The molecule has 16 nitrogen and oxygen atoms in total. The van der Waals surface area contributed by atoms with Crippen LogP contribution in [0.4, 0.5) is 0 Å². The fourth-order valence-electron chi connectivity index (χ4n) is 5.49. The number of likely N-dealkylation sites (N-methyl/N-ethyl adjacent to an activating group) is 2. The predicted molar refractivity (Wildman–Crippen MR) is 235 cm³/mol. The van der Waals surface area contributed by atoms with Crippen molar-refractivity contribution >= 4 is 58.2 Å². The van der Waals surface area contributed by atoms with E-state index in [2.05, 4.69) is 45.7 Å². The smallest absolute Gasteiger partial charge is 0.273 e. The van der Waals surface area contributed by atoms with E-state index in [-0.39, 0.29) is 53.4 Å². The number of nitrogens with zero attached hydrogens (tertiary/aromatic N) is 6. The molecule has 2 aliphatic rings. The van der Waals surface area contributed by atoms with Gasteiger partial charge in [0.2, 0.25) is 17.7 Å². The van der Waals surface area contributed by atoms with Crippen LogP contribution in [0.25, 0.3) is 0 Å². The molecule has 0 radical (unpaired) electrons. The number of aryl methyl sites for hydroxylation is 1. The van der Waals surface area contributed by atoms with Gasteiger partial charge in [-0.15, -0.1) is 0 Å². The average Bonchev–Trinajstić information content (AvgIpc) is 3.82. The number of amides is 2. The normalized spacial score (nSPS) is 15.0. The summed E-state index contributed by atoms with van der Waals surface area (Å²) in [5.41, 5.74) is 4.73. The number of aliphatic hydroxyl groups excluding tert-OH is 1. The van der Waals surface area contributed by atoms with Crippen LogP contribution in [-0.4, -0.2) is 103 Å². The topological polar surface area (TPSA) is 200 Å². The molecule has 0 unspecified atom stereocenters. The number of nitrogens with one attached hydrogen (secondary N) is 2. The number of oxime groups is 2. The van der Waals surface area contributed by atoms with Gasteiger partial charge in [0.1, 0.15) is 39.1 Å². The van der Waals surface area contributed by atoms with Gasteiger partial charge in [0.15, 0.2) is 11.4 Å². The lowest BCUT2D eigenvalue weighted by atomic mass is 10.0. The van der Waals surface area contributed by atoms with Crippen LogP contribution in [0.5, 0.6) is 5.88 Å².